The molecular formula is C66H42N4. The van der Waals surface area contributed by atoms with Gasteiger partial charge in [0.15, 0.2) is 0 Å². The average Bonchev–Trinajstić information content (AvgIpc) is 3.95. The van der Waals surface area contributed by atoms with Crippen LogP contribution in [0.3, 0.4) is 0 Å². The molecule has 326 valence electrons. The third-order valence-corrected chi connectivity index (χ3v) is 14.7. The van der Waals surface area contributed by atoms with E-state index in [1.54, 1.807) is 0 Å². The van der Waals surface area contributed by atoms with E-state index in [2.05, 4.69) is 274 Å². The zero-order valence-corrected chi connectivity index (χ0v) is 38.0. The van der Waals surface area contributed by atoms with E-state index in [0.29, 0.717) is 0 Å². The van der Waals surface area contributed by atoms with Gasteiger partial charge < -0.3 is 18.9 Å². The Bertz CT molecular complexity index is 4170. The fraction of sp³-hybridized carbons (Fsp3) is 0. The van der Waals surface area contributed by atoms with E-state index in [-0.39, 0.29) is 0 Å². The van der Waals surface area contributed by atoms with Crippen molar-refractivity contribution in [1.29, 1.82) is 0 Å². The number of aromatic nitrogens is 2. The Hall–Kier alpha value is -9.38. The van der Waals surface area contributed by atoms with Crippen molar-refractivity contribution >= 4 is 121 Å². The Morgan fingerprint density at radius 3 is 1.00 bits per heavy atom. The molecular weight excluding hydrogens is 849 g/mol. The molecule has 15 rings (SSSR count). The highest BCUT2D eigenvalue weighted by Crippen LogP contribution is 2.47. The van der Waals surface area contributed by atoms with E-state index in [1.165, 1.54) is 86.7 Å². The lowest BCUT2D eigenvalue weighted by molar-refractivity contribution is 1.18. The predicted octanol–water partition coefficient (Wildman–Crippen LogP) is 18.3. The van der Waals surface area contributed by atoms with Crippen LogP contribution in [0.15, 0.2) is 255 Å². The molecule has 13 aromatic carbocycles. The van der Waals surface area contributed by atoms with Crippen molar-refractivity contribution in [3.63, 3.8) is 0 Å². The highest BCUT2D eigenvalue weighted by molar-refractivity contribution is 6.26. The summed E-state index contributed by atoms with van der Waals surface area (Å²) in [5, 5.41) is 14.9. The molecule has 2 heterocycles. The molecule has 0 atom stereocenters. The summed E-state index contributed by atoms with van der Waals surface area (Å²) in [7, 11) is 0. The second kappa shape index (κ2) is 15.1. The molecule has 0 bridgehead atoms. The fourth-order valence-corrected chi connectivity index (χ4v) is 11.7. The topological polar surface area (TPSA) is 16.3 Å². The van der Waals surface area contributed by atoms with Crippen LogP contribution in [0.5, 0.6) is 0 Å². The van der Waals surface area contributed by atoms with Gasteiger partial charge in [-0.1, -0.05) is 146 Å². The number of hydrogen-bond donors (Lipinski definition) is 0. The van der Waals surface area contributed by atoms with E-state index < -0.39 is 0 Å². The van der Waals surface area contributed by atoms with E-state index in [4.69, 9.17) is 0 Å². The standard InChI is InChI=1S/C66H42N4/c1-5-17-49(18-6-1)67(55-37-47-31-29-45-15-13-25-59-63(45)65(47)61(41-55)69(59)51-21-9-3-10-22-51)53-35-33-43-27-28-44-34-36-54(40-58(44)57(43)39-53)68(50-19-7-2-8-20-50)56-38-48-32-30-46-16-14-26-60-64(46)66(48)62(42-56)70(60)52-23-11-4-12-24-52/h1-42H. The van der Waals surface area contributed by atoms with Crippen molar-refractivity contribution in [2.45, 2.75) is 0 Å². The lowest BCUT2D eigenvalue weighted by atomic mass is 9.98. The molecule has 0 radical (unpaired) electrons. The maximum absolute atomic E-state index is 2.44. The third kappa shape index (κ3) is 5.77. The maximum Gasteiger partial charge on any atom is 0.0568 e. The summed E-state index contributed by atoms with van der Waals surface area (Å²) in [5.41, 5.74) is 13.7. The van der Waals surface area contributed by atoms with Crippen LogP contribution in [0, 0.1) is 0 Å². The average molecular weight is 891 g/mol. The summed E-state index contributed by atoms with van der Waals surface area (Å²) in [6.07, 6.45) is 0. The quantitative estimate of drug-likeness (QED) is 0.141. The molecule has 2 aromatic heterocycles. The fourth-order valence-electron chi connectivity index (χ4n) is 11.7. The van der Waals surface area contributed by atoms with Crippen LogP contribution in [0.1, 0.15) is 0 Å². The predicted molar refractivity (Wildman–Crippen MR) is 297 cm³/mol. The molecule has 0 amide bonds. The molecule has 4 heteroatoms. The van der Waals surface area contributed by atoms with Crippen LogP contribution in [-0.2, 0) is 0 Å². The number of anilines is 6. The molecule has 15 aromatic rings. The van der Waals surface area contributed by atoms with Gasteiger partial charge in [-0.2, -0.15) is 0 Å². The minimum absolute atomic E-state index is 1.09. The second-order valence-electron chi connectivity index (χ2n) is 18.6. The number of rotatable bonds is 8. The molecule has 0 fully saturated rings. The number of benzene rings is 13. The molecule has 0 aliphatic rings. The van der Waals surface area contributed by atoms with Gasteiger partial charge in [-0.05, 0) is 152 Å². The van der Waals surface area contributed by atoms with Crippen LogP contribution in [0.25, 0.3) is 98.1 Å². The first-order valence-electron chi connectivity index (χ1n) is 24.1. The van der Waals surface area contributed by atoms with Gasteiger partial charge in [-0.3, -0.25) is 0 Å². The van der Waals surface area contributed by atoms with E-state index >= 15 is 0 Å². The van der Waals surface area contributed by atoms with Crippen molar-refractivity contribution in [3.05, 3.63) is 255 Å². The highest BCUT2D eigenvalue weighted by Gasteiger charge is 2.24. The first-order chi connectivity index (χ1) is 34.7. The Labute approximate surface area is 404 Å². The number of hydrogen-bond acceptors (Lipinski definition) is 2. The van der Waals surface area contributed by atoms with Crippen LogP contribution in [0.4, 0.5) is 34.1 Å². The summed E-state index contributed by atoms with van der Waals surface area (Å²) >= 11 is 0. The Balaban J connectivity index is 0.942. The number of para-hydroxylation sites is 4. The second-order valence-corrected chi connectivity index (χ2v) is 18.6. The minimum atomic E-state index is 1.09. The Morgan fingerprint density at radius 2 is 0.571 bits per heavy atom. The SMILES string of the molecule is c1ccc(N(c2ccc3ccc4ccc(N(c5ccccc5)c5cc6ccc7cccc8c7c6c(c5)n8-c5ccccc5)cc4c3c2)c2cc3ccc4cccc5c4c3c(c2)n5-c2ccccc2)cc1. The monoisotopic (exact) mass is 890 g/mol. The molecule has 0 saturated heterocycles. The van der Waals surface area contributed by atoms with E-state index in [1.807, 2.05) is 0 Å². The molecule has 0 aliphatic heterocycles. The van der Waals surface area contributed by atoms with Crippen LogP contribution >= 0.6 is 0 Å². The van der Waals surface area contributed by atoms with E-state index in [9.17, 15) is 0 Å². The molecule has 0 spiro atoms. The van der Waals surface area contributed by atoms with Gasteiger partial charge in [0, 0.05) is 67.0 Å². The summed E-state index contributed by atoms with van der Waals surface area (Å²) in [4.78, 5) is 4.85. The molecule has 0 aliphatic carbocycles. The van der Waals surface area contributed by atoms with Crippen molar-refractivity contribution < 1.29 is 0 Å². The lowest BCUT2D eigenvalue weighted by Gasteiger charge is -2.27. The van der Waals surface area contributed by atoms with Crippen molar-refractivity contribution in [1.82, 2.24) is 9.13 Å². The number of fused-ring (bicyclic) bond motifs is 3. The molecule has 0 unspecified atom stereocenters. The zero-order valence-electron chi connectivity index (χ0n) is 38.0. The maximum atomic E-state index is 2.44. The van der Waals surface area contributed by atoms with Crippen molar-refractivity contribution in [2.75, 3.05) is 9.80 Å². The largest absolute Gasteiger partial charge is 0.310 e. The first-order valence-corrected chi connectivity index (χ1v) is 24.1. The minimum Gasteiger partial charge on any atom is -0.310 e. The van der Waals surface area contributed by atoms with Gasteiger partial charge >= 0.3 is 0 Å². The normalized spacial score (nSPS) is 12.0. The Morgan fingerprint density at radius 1 is 0.214 bits per heavy atom. The smallest absolute Gasteiger partial charge is 0.0568 e. The first kappa shape index (κ1) is 38.7. The lowest BCUT2D eigenvalue weighted by Crippen LogP contribution is -2.10. The van der Waals surface area contributed by atoms with Gasteiger partial charge in [0.2, 0.25) is 0 Å². The summed E-state index contributed by atoms with van der Waals surface area (Å²) in [6.45, 7) is 0. The van der Waals surface area contributed by atoms with Crippen molar-refractivity contribution in [2.24, 2.45) is 0 Å². The van der Waals surface area contributed by atoms with Crippen molar-refractivity contribution in [3.8, 4) is 11.4 Å². The highest BCUT2D eigenvalue weighted by atomic mass is 15.2. The van der Waals surface area contributed by atoms with E-state index in [0.717, 1.165) is 45.5 Å². The Kier molecular flexibility index (Phi) is 8.33. The summed E-state index contributed by atoms with van der Waals surface area (Å²) < 4.78 is 4.87. The van der Waals surface area contributed by atoms with Gasteiger partial charge in [-0.15, -0.1) is 0 Å². The van der Waals surface area contributed by atoms with Gasteiger partial charge in [0.25, 0.3) is 0 Å². The number of nitrogens with zero attached hydrogens (tertiary/aromatic N) is 4. The third-order valence-electron chi connectivity index (χ3n) is 14.7. The molecule has 70 heavy (non-hydrogen) atoms. The van der Waals surface area contributed by atoms with Crippen LogP contribution in [-0.4, -0.2) is 9.13 Å². The molecule has 4 nitrogen and oxygen atoms in total. The van der Waals surface area contributed by atoms with Gasteiger partial charge in [0.1, 0.15) is 0 Å². The zero-order chi connectivity index (χ0) is 45.9. The molecule has 0 saturated carbocycles. The summed E-state index contributed by atoms with van der Waals surface area (Å²) in [6, 6.07) is 93.7. The van der Waals surface area contributed by atoms with Gasteiger partial charge in [0.05, 0.1) is 22.1 Å². The van der Waals surface area contributed by atoms with Crippen LogP contribution < -0.4 is 9.80 Å². The summed E-state index contributed by atoms with van der Waals surface area (Å²) in [5.74, 6) is 0. The van der Waals surface area contributed by atoms with Crippen LogP contribution in [0.2, 0.25) is 0 Å². The molecule has 0 N–H and O–H groups in total. The van der Waals surface area contributed by atoms with Gasteiger partial charge in [-0.25, -0.2) is 0 Å².